The summed E-state index contributed by atoms with van der Waals surface area (Å²) in [6.45, 7) is 2.66. The van der Waals surface area contributed by atoms with Crippen molar-refractivity contribution in [1.29, 1.82) is 0 Å². The first-order valence-corrected chi connectivity index (χ1v) is 9.02. The van der Waals surface area contributed by atoms with Crippen LogP contribution in [0.2, 0.25) is 0 Å². The van der Waals surface area contributed by atoms with Crippen molar-refractivity contribution in [2.75, 3.05) is 13.7 Å². The molecule has 1 aliphatic rings. The maximum Gasteiger partial charge on any atom is 0.227 e. The number of benzene rings is 1. The largest absolute Gasteiger partial charge is 0.373 e. The summed E-state index contributed by atoms with van der Waals surface area (Å²) in [6.07, 6.45) is 1.96. The smallest absolute Gasteiger partial charge is 0.227 e. The van der Waals surface area contributed by atoms with Crippen molar-refractivity contribution in [1.82, 2.24) is 4.90 Å². The lowest BCUT2D eigenvalue weighted by Crippen LogP contribution is -2.42. The predicted molar refractivity (Wildman–Crippen MR) is 93.6 cm³/mol. The Morgan fingerprint density at radius 2 is 2.04 bits per heavy atom. The molecule has 2 aromatic rings. The maximum absolute atomic E-state index is 13.1. The number of halogens is 1. The van der Waals surface area contributed by atoms with Crippen molar-refractivity contribution in [2.45, 2.75) is 38.3 Å². The van der Waals surface area contributed by atoms with Gasteiger partial charge in [0.25, 0.3) is 0 Å². The van der Waals surface area contributed by atoms with Crippen LogP contribution in [0.1, 0.15) is 34.3 Å². The average Bonchev–Trinajstić information content (AvgIpc) is 3.00. The first-order chi connectivity index (χ1) is 11.5. The van der Waals surface area contributed by atoms with E-state index in [1.807, 2.05) is 31.0 Å². The summed E-state index contributed by atoms with van der Waals surface area (Å²) < 4.78 is 18.9. The molecule has 3 nitrogen and oxygen atoms in total. The topological polar surface area (TPSA) is 29.5 Å². The minimum Gasteiger partial charge on any atom is -0.373 e. The van der Waals surface area contributed by atoms with Gasteiger partial charge in [-0.3, -0.25) is 4.79 Å². The molecule has 0 N–H and O–H groups in total. The van der Waals surface area contributed by atoms with Crippen LogP contribution in [0.4, 0.5) is 4.39 Å². The highest BCUT2D eigenvalue weighted by molar-refractivity contribution is 7.12. The van der Waals surface area contributed by atoms with Crippen molar-refractivity contribution in [2.24, 2.45) is 0 Å². The molecule has 0 saturated carbocycles. The molecule has 3 rings (SSSR count). The number of nitrogens with zero attached hydrogens (tertiary/aromatic N) is 1. The van der Waals surface area contributed by atoms with Gasteiger partial charge in [-0.05, 0) is 49.6 Å². The van der Waals surface area contributed by atoms with Crippen LogP contribution in [0.5, 0.6) is 0 Å². The number of carbonyl (C=O) groups excluding carboxylic acids is 1. The molecule has 1 fully saturated rings. The van der Waals surface area contributed by atoms with E-state index >= 15 is 0 Å². The second kappa shape index (κ2) is 7.45. The molecule has 1 amide bonds. The molecule has 1 aromatic heterocycles. The third-order valence-electron chi connectivity index (χ3n) is 4.56. The fraction of sp³-hybridized carbons (Fsp3) is 0.421. The van der Waals surface area contributed by atoms with Crippen LogP contribution >= 0.6 is 11.3 Å². The van der Waals surface area contributed by atoms with E-state index in [2.05, 4.69) is 0 Å². The first kappa shape index (κ1) is 17.1. The number of hydrogen-bond donors (Lipinski definition) is 0. The highest BCUT2D eigenvalue weighted by atomic mass is 32.1. The maximum atomic E-state index is 13.1. The van der Waals surface area contributed by atoms with Crippen molar-refractivity contribution < 1.29 is 13.9 Å². The Morgan fingerprint density at radius 3 is 2.71 bits per heavy atom. The number of likely N-dealkylation sites (N-methyl/N-ethyl adjacent to an activating group) is 1. The first-order valence-electron chi connectivity index (χ1n) is 8.21. The summed E-state index contributed by atoms with van der Waals surface area (Å²) in [6, 6.07) is 10.7. The average molecular weight is 347 g/mol. The third kappa shape index (κ3) is 4.02. The standard InChI is InChI=1S/C19H22FNO2S/c1-13-3-8-17(24-13)12-19(22)21(2)16-9-10-23-18(11-16)14-4-6-15(20)7-5-14/h3-8,16,18H,9-12H2,1-2H3/t16-,18+/m1/s1. The van der Waals surface area contributed by atoms with Crippen LogP contribution in [-0.4, -0.2) is 30.5 Å². The molecule has 5 heteroatoms. The third-order valence-corrected chi connectivity index (χ3v) is 5.56. The van der Waals surface area contributed by atoms with Gasteiger partial charge in [0.1, 0.15) is 5.82 Å². The fourth-order valence-electron chi connectivity index (χ4n) is 3.10. The molecule has 1 aliphatic heterocycles. The van der Waals surface area contributed by atoms with Gasteiger partial charge in [0.15, 0.2) is 0 Å². The van der Waals surface area contributed by atoms with Gasteiger partial charge in [-0.25, -0.2) is 4.39 Å². The van der Waals surface area contributed by atoms with Gasteiger partial charge in [0, 0.05) is 29.5 Å². The number of thiophene rings is 1. The van der Waals surface area contributed by atoms with Crippen molar-refractivity contribution in [3.05, 3.63) is 57.5 Å². The molecular formula is C19H22FNO2S. The predicted octanol–water partition coefficient (Wildman–Crippen LogP) is 4.12. The minimum absolute atomic E-state index is 0.0800. The quantitative estimate of drug-likeness (QED) is 0.833. The van der Waals surface area contributed by atoms with Crippen molar-refractivity contribution in [3.63, 3.8) is 0 Å². The molecule has 24 heavy (non-hydrogen) atoms. The molecule has 0 spiro atoms. The normalized spacial score (nSPS) is 20.8. The highest BCUT2D eigenvalue weighted by Gasteiger charge is 2.29. The van der Waals surface area contributed by atoms with Crippen LogP contribution in [-0.2, 0) is 16.0 Å². The molecular weight excluding hydrogens is 325 g/mol. The summed E-state index contributed by atoms with van der Waals surface area (Å²) in [5.74, 6) is -0.105. The van der Waals surface area contributed by atoms with Crippen LogP contribution in [0, 0.1) is 12.7 Å². The van der Waals surface area contributed by atoms with Gasteiger partial charge in [-0.1, -0.05) is 12.1 Å². The number of ether oxygens (including phenoxy) is 1. The zero-order valence-electron chi connectivity index (χ0n) is 14.0. The second-order valence-electron chi connectivity index (χ2n) is 6.28. The number of rotatable bonds is 4. The van der Waals surface area contributed by atoms with Gasteiger partial charge in [0.2, 0.25) is 5.91 Å². The van der Waals surface area contributed by atoms with Crippen LogP contribution < -0.4 is 0 Å². The van der Waals surface area contributed by atoms with Crippen LogP contribution in [0.25, 0.3) is 0 Å². The lowest BCUT2D eigenvalue weighted by Gasteiger charge is -2.35. The minimum atomic E-state index is -0.246. The number of aryl methyl sites for hydroxylation is 1. The molecule has 0 radical (unpaired) electrons. The van der Waals surface area contributed by atoms with Crippen LogP contribution in [0.15, 0.2) is 36.4 Å². The number of amides is 1. The summed E-state index contributed by atoms with van der Waals surface area (Å²) in [7, 11) is 1.88. The lowest BCUT2D eigenvalue weighted by atomic mass is 9.96. The fourth-order valence-corrected chi connectivity index (χ4v) is 3.98. The molecule has 2 atom stereocenters. The summed E-state index contributed by atoms with van der Waals surface area (Å²) in [5, 5.41) is 0. The Hall–Kier alpha value is -1.72. The summed E-state index contributed by atoms with van der Waals surface area (Å²) >= 11 is 1.67. The monoisotopic (exact) mass is 347 g/mol. The molecule has 0 aliphatic carbocycles. The Kier molecular flexibility index (Phi) is 5.31. The number of carbonyl (C=O) groups is 1. The van der Waals surface area contributed by atoms with Crippen molar-refractivity contribution >= 4 is 17.2 Å². The summed E-state index contributed by atoms with van der Waals surface area (Å²) in [5.41, 5.74) is 0.968. The summed E-state index contributed by atoms with van der Waals surface area (Å²) in [4.78, 5) is 16.7. The molecule has 1 aromatic carbocycles. The van der Waals surface area contributed by atoms with Gasteiger partial charge >= 0.3 is 0 Å². The molecule has 0 unspecified atom stereocenters. The molecule has 128 valence electrons. The van der Waals surface area contributed by atoms with Gasteiger partial charge < -0.3 is 9.64 Å². The van der Waals surface area contributed by atoms with E-state index in [4.69, 9.17) is 4.74 Å². The Labute approximate surface area is 146 Å². The Balaban J connectivity index is 1.62. The number of hydrogen-bond acceptors (Lipinski definition) is 3. The zero-order chi connectivity index (χ0) is 17.1. The van der Waals surface area contributed by atoms with Gasteiger partial charge in [-0.15, -0.1) is 11.3 Å². The van der Waals surface area contributed by atoms with E-state index in [1.165, 1.54) is 17.0 Å². The molecule has 1 saturated heterocycles. The van der Waals surface area contributed by atoms with Gasteiger partial charge in [0.05, 0.1) is 12.5 Å². The Bertz CT molecular complexity index is 698. The van der Waals surface area contributed by atoms with E-state index in [9.17, 15) is 9.18 Å². The van der Waals surface area contributed by atoms with Crippen LogP contribution in [0.3, 0.4) is 0 Å². The van der Waals surface area contributed by atoms with E-state index in [1.54, 1.807) is 23.5 Å². The highest BCUT2D eigenvalue weighted by Crippen LogP contribution is 2.30. The van der Waals surface area contributed by atoms with E-state index in [-0.39, 0.29) is 23.9 Å². The lowest BCUT2D eigenvalue weighted by molar-refractivity contribution is -0.134. The molecule has 0 bridgehead atoms. The molecule has 2 heterocycles. The Morgan fingerprint density at radius 1 is 1.29 bits per heavy atom. The SMILES string of the molecule is Cc1ccc(CC(=O)N(C)[C@@H]2CCO[C@H](c3ccc(F)cc3)C2)s1. The van der Waals surface area contributed by atoms with Gasteiger partial charge in [-0.2, -0.15) is 0 Å². The van der Waals surface area contributed by atoms with Crippen molar-refractivity contribution in [3.8, 4) is 0 Å². The van der Waals surface area contributed by atoms with E-state index in [0.717, 1.165) is 23.3 Å². The van der Waals surface area contributed by atoms with E-state index in [0.29, 0.717) is 13.0 Å². The van der Waals surface area contributed by atoms with E-state index < -0.39 is 0 Å². The second-order valence-corrected chi connectivity index (χ2v) is 7.66. The zero-order valence-corrected chi connectivity index (χ0v) is 14.8.